The first-order valence-corrected chi connectivity index (χ1v) is 13.1. The van der Waals surface area contributed by atoms with Crippen molar-refractivity contribution in [2.75, 3.05) is 0 Å². The second-order valence-electron chi connectivity index (χ2n) is 13.7. The minimum atomic E-state index is -0.261. The maximum atomic E-state index is 11.8. The lowest BCUT2D eigenvalue weighted by atomic mass is 9.27. The predicted octanol–water partition coefficient (Wildman–Crippen LogP) is 6.18. The zero-order valence-electron chi connectivity index (χ0n) is 21.2. The third-order valence-electron chi connectivity index (χ3n) is 13.2. The number of rotatable bonds is 2. The van der Waals surface area contributed by atoms with E-state index >= 15 is 0 Å². The van der Waals surface area contributed by atoms with Crippen LogP contribution < -0.4 is 0 Å². The van der Waals surface area contributed by atoms with Crippen LogP contribution >= 0.6 is 0 Å². The van der Waals surface area contributed by atoms with Crippen molar-refractivity contribution < 1.29 is 10.2 Å². The Morgan fingerprint density at radius 2 is 1.53 bits per heavy atom. The average molecular weight is 440 g/mol. The van der Waals surface area contributed by atoms with Gasteiger partial charge in [0.25, 0.3) is 0 Å². The highest BCUT2D eigenvalue weighted by Gasteiger charge is 2.77. The van der Waals surface area contributed by atoms with E-state index in [1.54, 1.807) is 0 Å². The van der Waals surface area contributed by atoms with Crippen molar-refractivity contribution in [2.24, 2.45) is 38.4 Å². The first-order chi connectivity index (χ1) is 14.9. The smallest absolute Gasteiger partial charge is 0.0630 e. The summed E-state index contributed by atoms with van der Waals surface area (Å²) in [5.74, 6) is 0.294. The highest BCUT2D eigenvalue weighted by atomic mass is 16.3. The summed E-state index contributed by atoms with van der Waals surface area (Å²) in [6.07, 6.45) is 13.2. The van der Waals surface area contributed by atoms with E-state index in [2.05, 4.69) is 52.6 Å². The van der Waals surface area contributed by atoms with Crippen LogP contribution in [0.25, 0.3) is 0 Å². The molecule has 3 nitrogen and oxygen atoms in total. The molecular weight excluding hydrogens is 394 g/mol. The first-order valence-electron chi connectivity index (χ1n) is 13.1. The second-order valence-corrected chi connectivity index (χ2v) is 13.7. The summed E-state index contributed by atoms with van der Waals surface area (Å²) in [7, 11) is 0. The van der Waals surface area contributed by atoms with Crippen LogP contribution in [0.15, 0.2) is 24.5 Å². The molecule has 0 aliphatic heterocycles. The van der Waals surface area contributed by atoms with Crippen molar-refractivity contribution in [1.29, 1.82) is 0 Å². The van der Waals surface area contributed by atoms with E-state index in [9.17, 15) is 10.2 Å². The molecule has 3 heteroatoms. The van der Waals surface area contributed by atoms with E-state index in [1.165, 1.54) is 24.8 Å². The molecular formula is C29H45NO2. The van der Waals surface area contributed by atoms with Crippen LogP contribution in [0, 0.1) is 38.4 Å². The highest BCUT2D eigenvalue weighted by molar-refractivity contribution is 5.27. The molecule has 4 fully saturated rings. The fraction of sp³-hybridized carbons (Fsp3) is 0.828. The van der Waals surface area contributed by atoms with E-state index in [4.69, 9.17) is 0 Å². The van der Waals surface area contributed by atoms with Crippen LogP contribution in [-0.4, -0.2) is 27.4 Å². The van der Waals surface area contributed by atoms with Crippen molar-refractivity contribution >= 4 is 0 Å². The zero-order valence-corrected chi connectivity index (χ0v) is 21.2. The summed E-state index contributed by atoms with van der Waals surface area (Å²) in [6.45, 7) is 15.2. The number of fused-ring (bicyclic) bond motifs is 5. The summed E-state index contributed by atoms with van der Waals surface area (Å²) >= 11 is 0. The van der Waals surface area contributed by atoms with Crippen LogP contribution in [0.5, 0.6) is 0 Å². The van der Waals surface area contributed by atoms with E-state index < -0.39 is 0 Å². The number of aromatic nitrogens is 1. The normalized spacial score (nSPS) is 55.1. The van der Waals surface area contributed by atoms with Crippen LogP contribution in [0.3, 0.4) is 0 Å². The van der Waals surface area contributed by atoms with Crippen molar-refractivity contribution in [3.63, 3.8) is 0 Å². The molecule has 0 radical (unpaired) electrons. The lowest BCUT2D eigenvalue weighted by Gasteiger charge is -2.77. The molecule has 0 aromatic carbocycles. The first kappa shape index (κ1) is 22.8. The molecule has 2 N–H and O–H groups in total. The predicted molar refractivity (Wildman–Crippen MR) is 129 cm³/mol. The molecule has 178 valence electrons. The number of aliphatic hydroxyl groups is 2. The van der Waals surface area contributed by atoms with E-state index in [0.717, 1.165) is 38.5 Å². The SMILES string of the molecule is C[C@@]12CC[C@]3(C)[C@](C)(CC[C@]4(C)[C@H](O)[C@H](Cc5cccnc5)C[C@@]34C)[C@@]1(C)CC[C@H](O)C2. The number of nitrogens with zero attached hydrogens (tertiary/aromatic N) is 1. The van der Waals surface area contributed by atoms with Gasteiger partial charge in [-0.15, -0.1) is 0 Å². The number of aliphatic hydroxyl groups excluding tert-OH is 2. The molecule has 1 aromatic heterocycles. The minimum Gasteiger partial charge on any atom is -0.393 e. The van der Waals surface area contributed by atoms with Gasteiger partial charge in [-0.25, -0.2) is 0 Å². The van der Waals surface area contributed by atoms with Gasteiger partial charge in [-0.05, 0) is 108 Å². The molecule has 4 saturated carbocycles. The van der Waals surface area contributed by atoms with Gasteiger partial charge in [0.15, 0.2) is 0 Å². The molecule has 1 aromatic rings. The van der Waals surface area contributed by atoms with Crippen LogP contribution in [0.2, 0.25) is 0 Å². The Bertz CT molecular complexity index is 888. The Morgan fingerprint density at radius 1 is 0.844 bits per heavy atom. The Balaban J connectivity index is 1.56. The Morgan fingerprint density at radius 3 is 2.22 bits per heavy atom. The molecule has 9 atom stereocenters. The van der Waals surface area contributed by atoms with Crippen LogP contribution in [0.1, 0.15) is 98.5 Å². The van der Waals surface area contributed by atoms with Crippen LogP contribution in [-0.2, 0) is 6.42 Å². The lowest BCUT2D eigenvalue weighted by Crippen LogP contribution is -2.70. The molecule has 0 unspecified atom stereocenters. The van der Waals surface area contributed by atoms with Crippen molar-refractivity contribution in [2.45, 2.75) is 112 Å². The fourth-order valence-corrected chi connectivity index (χ4v) is 10.3. The van der Waals surface area contributed by atoms with E-state index in [-0.39, 0.29) is 44.7 Å². The zero-order chi connectivity index (χ0) is 23.2. The van der Waals surface area contributed by atoms with Gasteiger partial charge in [0.2, 0.25) is 0 Å². The van der Waals surface area contributed by atoms with Crippen molar-refractivity contribution in [3.05, 3.63) is 30.1 Å². The van der Waals surface area contributed by atoms with Crippen molar-refractivity contribution in [3.8, 4) is 0 Å². The maximum Gasteiger partial charge on any atom is 0.0630 e. The summed E-state index contributed by atoms with van der Waals surface area (Å²) in [5, 5.41) is 22.4. The highest BCUT2D eigenvalue weighted by Crippen LogP contribution is 2.83. The van der Waals surface area contributed by atoms with Gasteiger partial charge in [0, 0.05) is 12.4 Å². The Labute approximate surface area is 195 Å². The quantitative estimate of drug-likeness (QED) is 0.579. The topological polar surface area (TPSA) is 53.4 Å². The molecule has 5 rings (SSSR count). The molecule has 32 heavy (non-hydrogen) atoms. The summed E-state index contributed by atoms with van der Waals surface area (Å²) in [4.78, 5) is 4.33. The van der Waals surface area contributed by atoms with Gasteiger partial charge >= 0.3 is 0 Å². The lowest BCUT2D eigenvalue weighted by molar-refractivity contribution is -0.292. The minimum absolute atomic E-state index is 0.0492. The average Bonchev–Trinajstić information content (AvgIpc) is 2.95. The number of hydrogen-bond acceptors (Lipinski definition) is 3. The van der Waals surface area contributed by atoms with Gasteiger partial charge < -0.3 is 10.2 Å². The largest absolute Gasteiger partial charge is 0.393 e. The second kappa shape index (κ2) is 6.81. The molecule has 0 bridgehead atoms. The van der Waals surface area contributed by atoms with Crippen LogP contribution in [0.4, 0.5) is 0 Å². The molecule has 0 saturated heterocycles. The summed E-state index contributed by atoms with van der Waals surface area (Å²) in [5.41, 5.74) is 2.11. The van der Waals surface area contributed by atoms with Gasteiger partial charge in [0.1, 0.15) is 0 Å². The molecule has 1 heterocycles. The molecule has 4 aliphatic rings. The third kappa shape index (κ3) is 2.48. The molecule has 4 aliphatic carbocycles. The number of pyridine rings is 1. The molecule has 0 amide bonds. The van der Waals surface area contributed by atoms with E-state index in [1.807, 2.05) is 18.5 Å². The summed E-state index contributed by atoms with van der Waals surface area (Å²) < 4.78 is 0. The number of hydrogen-bond donors (Lipinski definition) is 2. The third-order valence-corrected chi connectivity index (χ3v) is 13.2. The van der Waals surface area contributed by atoms with Gasteiger partial charge in [-0.3, -0.25) is 4.98 Å². The standard InChI is InChI=1S/C29H45NO2/c1-24-11-13-28(5)27(4,26(24,3)10-9-22(31)18-24)14-12-25(2)23(32)21(17-29(25,28)6)16-20-8-7-15-30-19-20/h7-8,15,19,21-23,31-32H,9-14,16-18H2,1-6H3/t21-,22+,23-,24+,25-,26+,27-,28-,29-/m1/s1. The van der Waals surface area contributed by atoms with Crippen molar-refractivity contribution in [1.82, 2.24) is 4.98 Å². The van der Waals surface area contributed by atoms with Gasteiger partial charge in [0.05, 0.1) is 12.2 Å². The Kier molecular flexibility index (Phi) is 4.86. The van der Waals surface area contributed by atoms with Gasteiger partial charge in [-0.2, -0.15) is 0 Å². The Hall–Kier alpha value is -0.930. The van der Waals surface area contributed by atoms with Gasteiger partial charge in [-0.1, -0.05) is 47.6 Å². The molecule has 0 spiro atoms. The monoisotopic (exact) mass is 439 g/mol. The maximum absolute atomic E-state index is 11.8. The van der Waals surface area contributed by atoms with E-state index in [0.29, 0.717) is 5.92 Å². The summed E-state index contributed by atoms with van der Waals surface area (Å²) in [6, 6.07) is 4.18. The fourth-order valence-electron chi connectivity index (χ4n) is 10.3.